The quantitative estimate of drug-likeness (QED) is 0.597. The van der Waals surface area contributed by atoms with Crippen molar-refractivity contribution in [2.45, 2.75) is 11.8 Å². The van der Waals surface area contributed by atoms with Gasteiger partial charge in [-0.1, -0.05) is 11.6 Å². The molecule has 0 aliphatic rings. The summed E-state index contributed by atoms with van der Waals surface area (Å²) in [6, 6.07) is 7.46. The van der Waals surface area contributed by atoms with Crippen LogP contribution in [-0.2, 0) is 19.6 Å². The number of halogens is 2. The molecule has 2 rings (SSSR count). The van der Waals surface area contributed by atoms with Gasteiger partial charge >= 0.3 is 5.97 Å². The van der Waals surface area contributed by atoms with Gasteiger partial charge in [-0.3, -0.25) is 9.10 Å². The van der Waals surface area contributed by atoms with Gasteiger partial charge in [0, 0.05) is 5.02 Å². The third kappa shape index (κ3) is 4.66. The van der Waals surface area contributed by atoms with Crippen LogP contribution in [0.25, 0.3) is 0 Å². The van der Waals surface area contributed by atoms with E-state index in [4.69, 9.17) is 25.8 Å². The zero-order valence-electron chi connectivity index (χ0n) is 15.4. The summed E-state index contributed by atoms with van der Waals surface area (Å²) in [6.07, 6.45) is 0. The molecular formula is C18H19ClFNO6S. The number of carbonyl (C=O) groups excluding carboxylic acids is 1. The van der Waals surface area contributed by atoms with Gasteiger partial charge < -0.3 is 14.2 Å². The Morgan fingerprint density at radius 2 is 1.75 bits per heavy atom. The molecule has 2 aromatic carbocycles. The molecular weight excluding hydrogens is 413 g/mol. The Bertz CT molecular complexity index is 967. The summed E-state index contributed by atoms with van der Waals surface area (Å²) in [7, 11) is -1.76. The van der Waals surface area contributed by atoms with Crippen LogP contribution < -0.4 is 13.8 Å². The first-order valence-electron chi connectivity index (χ1n) is 8.10. The zero-order valence-corrected chi connectivity index (χ0v) is 17.0. The number of hydrogen-bond acceptors (Lipinski definition) is 6. The molecule has 0 atom stereocenters. The van der Waals surface area contributed by atoms with Gasteiger partial charge in [0.2, 0.25) is 0 Å². The summed E-state index contributed by atoms with van der Waals surface area (Å²) in [5, 5.41) is 0.223. The maximum Gasteiger partial charge on any atom is 0.326 e. The third-order valence-corrected chi connectivity index (χ3v) is 5.69. The average Bonchev–Trinajstić information content (AvgIpc) is 2.66. The van der Waals surface area contributed by atoms with Gasteiger partial charge in [0.1, 0.15) is 12.3 Å². The van der Waals surface area contributed by atoms with Crippen molar-refractivity contribution < 1.29 is 31.8 Å². The van der Waals surface area contributed by atoms with Gasteiger partial charge in [0.05, 0.1) is 31.4 Å². The van der Waals surface area contributed by atoms with E-state index in [9.17, 15) is 17.6 Å². The van der Waals surface area contributed by atoms with Crippen LogP contribution in [0.4, 0.5) is 10.1 Å². The Labute approximate surface area is 167 Å². The highest BCUT2D eigenvalue weighted by molar-refractivity contribution is 7.92. The predicted octanol–water partition coefficient (Wildman–Crippen LogP) is 3.25. The number of anilines is 1. The second kappa shape index (κ2) is 9.11. The number of benzene rings is 2. The van der Waals surface area contributed by atoms with Gasteiger partial charge in [0.15, 0.2) is 11.6 Å². The third-order valence-electron chi connectivity index (χ3n) is 3.70. The minimum Gasteiger partial charge on any atom is -0.495 e. The number of rotatable bonds is 8. The number of hydrogen-bond donors (Lipinski definition) is 0. The standard InChI is InChI=1S/C18H19ClFNO6S/c1-4-27-18(22)11-21(15-9-12(19)5-7-17(15)26-3)28(23,24)13-6-8-16(25-2)14(20)10-13/h5-10H,4,11H2,1-3H3. The van der Waals surface area contributed by atoms with E-state index in [1.807, 2.05) is 0 Å². The van der Waals surface area contributed by atoms with E-state index in [1.54, 1.807) is 6.92 Å². The summed E-state index contributed by atoms with van der Waals surface area (Å²) in [5.74, 6) is -1.61. The highest BCUT2D eigenvalue weighted by atomic mass is 35.5. The summed E-state index contributed by atoms with van der Waals surface area (Å²) in [5.41, 5.74) is 0.0132. The van der Waals surface area contributed by atoms with Crippen molar-refractivity contribution >= 4 is 33.3 Å². The Morgan fingerprint density at radius 1 is 1.11 bits per heavy atom. The average molecular weight is 432 g/mol. The minimum absolute atomic E-state index is 0.0132. The van der Waals surface area contributed by atoms with Crippen LogP contribution in [0, 0.1) is 5.82 Å². The van der Waals surface area contributed by atoms with Gasteiger partial charge in [-0.25, -0.2) is 12.8 Å². The number of carbonyl (C=O) groups is 1. The van der Waals surface area contributed by atoms with Crippen LogP contribution in [0.15, 0.2) is 41.3 Å². The molecule has 0 aliphatic heterocycles. The van der Waals surface area contributed by atoms with E-state index in [1.165, 1.54) is 44.6 Å². The van der Waals surface area contributed by atoms with Gasteiger partial charge in [-0.2, -0.15) is 0 Å². The van der Waals surface area contributed by atoms with E-state index in [0.29, 0.717) is 0 Å². The molecule has 0 N–H and O–H groups in total. The zero-order chi connectivity index (χ0) is 20.9. The number of ether oxygens (including phenoxy) is 3. The monoisotopic (exact) mass is 431 g/mol. The summed E-state index contributed by atoms with van der Waals surface area (Å²) >= 11 is 6.01. The summed E-state index contributed by atoms with van der Waals surface area (Å²) < 4.78 is 56.2. The SMILES string of the molecule is CCOC(=O)CN(c1cc(Cl)ccc1OC)S(=O)(=O)c1ccc(OC)c(F)c1. The largest absolute Gasteiger partial charge is 0.495 e. The van der Waals surface area contributed by atoms with Crippen molar-refractivity contribution in [1.82, 2.24) is 0 Å². The smallest absolute Gasteiger partial charge is 0.326 e. The second-order valence-corrected chi connectivity index (χ2v) is 7.73. The second-order valence-electron chi connectivity index (χ2n) is 5.43. The van der Waals surface area contributed by atoms with Crippen LogP contribution in [0.2, 0.25) is 5.02 Å². The van der Waals surface area contributed by atoms with E-state index >= 15 is 0 Å². The van der Waals surface area contributed by atoms with Gasteiger partial charge in [-0.15, -0.1) is 0 Å². The molecule has 0 heterocycles. The lowest BCUT2D eigenvalue weighted by molar-refractivity contribution is -0.141. The molecule has 0 fully saturated rings. The molecule has 0 aromatic heterocycles. The molecule has 0 saturated heterocycles. The molecule has 0 amide bonds. The molecule has 0 unspecified atom stereocenters. The lowest BCUT2D eigenvalue weighted by Gasteiger charge is -2.25. The van der Waals surface area contributed by atoms with E-state index < -0.39 is 28.4 Å². The summed E-state index contributed by atoms with van der Waals surface area (Å²) in [4.78, 5) is 11.7. The highest BCUT2D eigenvalue weighted by Gasteiger charge is 2.31. The van der Waals surface area contributed by atoms with Crippen LogP contribution in [0.5, 0.6) is 11.5 Å². The fourth-order valence-electron chi connectivity index (χ4n) is 2.42. The fraction of sp³-hybridized carbons (Fsp3) is 0.278. The Hall–Kier alpha value is -2.52. The molecule has 7 nitrogen and oxygen atoms in total. The van der Waals surface area contributed by atoms with Crippen molar-refractivity contribution in [1.29, 1.82) is 0 Å². The number of esters is 1. The molecule has 0 bridgehead atoms. The first kappa shape index (κ1) is 21.8. The van der Waals surface area contributed by atoms with Crippen LogP contribution in [-0.4, -0.2) is 41.8 Å². The molecule has 10 heteroatoms. The first-order valence-corrected chi connectivity index (χ1v) is 9.91. The number of methoxy groups -OCH3 is 2. The fourth-order valence-corrected chi connectivity index (χ4v) is 4.01. The highest BCUT2D eigenvalue weighted by Crippen LogP contribution is 2.35. The van der Waals surface area contributed by atoms with E-state index in [0.717, 1.165) is 10.4 Å². The molecule has 2 aromatic rings. The normalized spacial score (nSPS) is 11.0. The lowest BCUT2D eigenvalue weighted by Crippen LogP contribution is -2.37. The molecule has 0 aliphatic carbocycles. The Kier molecular flexibility index (Phi) is 7.09. The maximum absolute atomic E-state index is 14.1. The van der Waals surface area contributed by atoms with E-state index in [2.05, 4.69) is 0 Å². The first-order chi connectivity index (χ1) is 13.2. The molecule has 152 valence electrons. The topological polar surface area (TPSA) is 82.1 Å². The van der Waals surface area contributed by atoms with Crippen LogP contribution in [0.3, 0.4) is 0 Å². The molecule has 0 spiro atoms. The molecule has 28 heavy (non-hydrogen) atoms. The van der Waals surface area contributed by atoms with Crippen molar-refractivity contribution in [2.75, 3.05) is 31.7 Å². The summed E-state index contributed by atoms with van der Waals surface area (Å²) in [6.45, 7) is 1.01. The van der Waals surface area contributed by atoms with Crippen molar-refractivity contribution in [3.05, 3.63) is 47.2 Å². The number of sulfonamides is 1. The van der Waals surface area contributed by atoms with Crippen LogP contribution in [0.1, 0.15) is 6.92 Å². The predicted molar refractivity (Wildman–Crippen MR) is 102 cm³/mol. The maximum atomic E-state index is 14.1. The number of nitrogens with zero attached hydrogens (tertiary/aromatic N) is 1. The van der Waals surface area contributed by atoms with Crippen molar-refractivity contribution in [3.8, 4) is 11.5 Å². The lowest BCUT2D eigenvalue weighted by atomic mass is 10.3. The Balaban J connectivity index is 2.62. The van der Waals surface area contributed by atoms with Gasteiger partial charge in [-0.05, 0) is 43.3 Å². The van der Waals surface area contributed by atoms with Crippen LogP contribution >= 0.6 is 11.6 Å². The van der Waals surface area contributed by atoms with Crippen molar-refractivity contribution in [3.63, 3.8) is 0 Å². The Morgan fingerprint density at radius 3 is 2.32 bits per heavy atom. The molecule has 0 saturated carbocycles. The molecule has 0 radical (unpaired) electrons. The minimum atomic E-state index is -4.37. The van der Waals surface area contributed by atoms with Gasteiger partial charge in [0.25, 0.3) is 10.0 Å². The van der Waals surface area contributed by atoms with Crippen molar-refractivity contribution in [2.24, 2.45) is 0 Å². The van der Waals surface area contributed by atoms with E-state index in [-0.39, 0.29) is 33.7 Å².